The first-order valence-electron chi connectivity index (χ1n) is 6.48. The van der Waals surface area contributed by atoms with E-state index in [2.05, 4.69) is 0 Å². The van der Waals surface area contributed by atoms with E-state index in [4.69, 9.17) is 0 Å². The quantitative estimate of drug-likeness (QED) is 0.813. The van der Waals surface area contributed by atoms with Crippen molar-refractivity contribution >= 4 is 10.0 Å². The third-order valence-electron chi connectivity index (χ3n) is 3.38. The number of nitrogens with zero attached hydrogens (tertiary/aromatic N) is 1. The Bertz CT molecular complexity index is 711. The normalized spacial score (nSPS) is 15.6. The van der Waals surface area contributed by atoms with E-state index in [1.807, 2.05) is 54.6 Å². The van der Waals surface area contributed by atoms with Gasteiger partial charge in [-0.15, -0.1) is 0 Å². The van der Waals surface area contributed by atoms with E-state index in [1.54, 1.807) is 12.1 Å². The summed E-state index contributed by atoms with van der Waals surface area (Å²) in [6.07, 6.45) is 3.74. The van der Waals surface area contributed by atoms with Gasteiger partial charge in [0.25, 0.3) is 0 Å². The highest BCUT2D eigenvalue weighted by Gasteiger charge is 2.24. The monoisotopic (exact) mass is 285 g/mol. The highest BCUT2D eigenvalue weighted by Crippen LogP contribution is 2.23. The Morgan fingerprint density at radius 2 is 1.30 bits per heavy atom. The molecule has 0 unspecified atom stereocenters. The minimum absolute atomic E-state index is 0.348. The fourth-order valence-electron chi connectivity index (χ4n) is 2.25. The van der Waals surface area contributed by atoms with E-state index in [-0.39, 0.29) is 0 Å². The minimum atomic E-state index is -3.37. The van der Waals surface area contributed by atoms with Crippen molar-refractivity contribution in [3.8, 4) is 11.1 Å². The zero-order valence-electron chi connectivity index (χ0n) is 10.9. The van der Waals surface area contributed by atoms with Crippen LogP contribution in [-0.2, 0) is 10.0 Å². The molecule has 0 fully saturated rings. The van der Waals surface area contributed by atoms with Crippen molar-refractivity contribution in [2.45, 2.75) is 4.90 Å². The lowest BCUT2D eigenvalue weighted by molar-refractivity contribution is 0.488. The number of hydrogen-bond donors (Lipinski definition) is 0. The third kappa shape index (κ3) is 2.40. The van der Waals surface area contributed by atoms with Gasteiger partial charge in [-0.3, -0.25) is 0 Å². The van der Waals surface area contributed by atoms with Crippen LogP contribution < -0.4 is 0 Å². The second-order valence-corrected chi connectivity index (χ2v) is 6.62. The second-order valence-electron chi connectivity index (χ2n) is 4.68. The molecule has 0 atom stereocenters. The van der Waals surface area contributed by atoms with E-state index in [0.29, 0.717) is 18.0 Å². The fourth-order valence-corrected chi connectivity index (χ4v) is 3.60. The van der Waals surface area contributed by atoms with Gasteiger partial charge in [0.05, 0.1) is 4.90 Å². The summed E-state index contributed by atoms with van der Waals surface area (Å²) >= 11 is 0. The minimum Gasteiger partial charge on any atom is -0.207 e. The first-order valence-corrected chi connectivity index (χ1v) is 7.92. The van der Waals surface area contributed by atoms with Gasteiger partial charge in [-0.05, 0) is 23.3 Å². The Morgan fingerprint density at radius 3 is 1.90 bits per heavy atom. The molecular weight excluding hydrogens is 270 g/mol. The van der Waals surface area contributed by atoms with Crippen LogP contribution in [0.25, 0.3) is 11.1 Å². The van der Waals surface area contributed by atoms with Crippen molar-refractivity contribution < 1.29 is 8.42 Å². The van der Waals surface area contributed by atoms with Crippen LogP contribution in [0.15, 0.2) is 71.6 Å². The molecule has 0 aliphatic carbocycles. The molecule has 1 aliphatic rings. The Hall–Kier alpha value is -1.91. The molecule has 20 heavy (non-hydrogen) atoms. The van der Waals surface area contributed by atoms with E-state index in [0.717, 1.165) is 11.1 Å². The van der Waals surface area contributed by atoms with Crippen molar-refractivity contribution in [3.05, 3.63) is 66.7 Å². The summed E-state index contributed by atoms with van der Waals surface area (Å²) in [6, 6.07) is 17.0. The summed E-state index contributed by atoms with van der Waals surface area (Å²) in [5, 5.41) is 0. The average Bonchev–Trinajstić information content (AvgIpc) is 3.03. The highest BCUT2D eigenvalue weighted by atomic mass is 32.2. The molecule has 2 aromatic carbocycles. The fraction of sp³-hybridized carbons (Fsp3) is 0.125. The average molecular weight is 285 g/mol. The maximum absolute atomic E-state index is 12.4. The molecule has 0 aromatic heterocycles. The Labute approximate surface area is 119 Å². The summed E-state index contributed by atoms with van der Waals surface area (Å²) in [5.74, 6) is 0. The molecule has 0 amide bonds. The standard InChI is InChI=1S/C16H15NO2S/c18-20(19,17-12-4-5-13-17)16-10-8-15(9-11-16)14-6-2-1-3-7-14/h1-11H,12-13H2. The molecule has 3 nitrogen and oxygen atoms in total. The zero-order chi connectivity index (χ0) is 14.0. The summed E-state index contributed by atoms with van der Waals surface area (Å²) in [5.41, 5.74) is 2.10. The predicted octanol–water partition coefficient (Wildman–Crippen LogP) is 2.91. The maximum Gasteiger partial charge on any atom is 0.243 e. The van der Waals surface area contributed by atoms with Gasteiger partial charge in [-0.25, -0.2) is 8.42 Å². The molecule has 4 heteroatoms. The Kier molecular flexibility index (Phi) is 3.42. The molecule has 0 radical (unpaired) electrons. The van der Waals surface area contributed by atoms with E-state index in [1.165, 1.54) is 4.31 Å². The number of benzene rings is 2. The van der Waals surface area contributed by atoms with Crippen LogP contribution in [0.1, 0.15) is 0 Å². The SMILES string of the molecule is O=S(=O)(c1ccc(-c2ccccc2)cc1)N1CC=CC1. The zero-order valence-corrected chi connectivity index (χ0v) is 11.8. The molecule has 1 heterocycles. The number of rotatable bonds is 3. The van der Waals surface area contributed by atoms with Gasteiger partial charge < -0.3 is 0 Å². The molecule has 2 aromatic rings. The lowest BCUT2D eigenvalue weighted by Gasteiger charge is -2.15. The van der Waals surface area contributed by atoms with Crippen LogP contribution >= 0.6 is 0 Å². The summed E-state index contributed by atoms with van der Waals surface area (Å²) in [7, 11) is -3.37. The van der Waals surface area contributed by atoms with Crippen LogP contribution in [0.5, 0.6) is 0 Å². The van der Waals surface area contributed by atoms with E-state index < -0.39 is 10.0 Å². The molecule has 102 valence electrons. The van der Waals surface area contributed by atoms with Gasteiger partial charge >= 0.3 is 0 Å². The topological polar surface area (TPSA) is 37.4 Å². The maximum atomic E-state index is 12.4. The van der Waals surface area contributed by atoms with E-state index in [9.17, 15) is 8.42 Å². The van der Waals surface area contributed by atoms with Crippen LogP contribution in [0.4, 0.5) is 0 Å². The lowest BCUT2D eigenvalue weighted by atomic mass is 10.1. The van der Waals surface area contributed by atoms with Crippen molar-refractivity contribution in [3.63, 3.8) is 0 Å². The van der Waals surface area contributed by atoms with Crippen molar-refractivity contribution in [1.82, 2.24) is 4.31 Å². The van der Waals surface area contributed by atoms with Gasteiger partial charge in [0.2, 0.25) is 10.0 Å². The number of hydrogen-bond acceptors (Lipinski definition) is 2. The molecular formula is C16H15NO2S. The van der Waals surface area contributed by atoms with Crippen molar-refractivity contribution in [2.24, 2.45) is 0 Å². The van der Waals surface area contributed by atoms with Gasteiger partial charge in [0.1, 0.15) is 0 Å². The van der Waals surface area contributed by atoms with Crippen molar-refractivity contribution in [1.29, 1.82) is 0 Å². The van der Waals surface area contributed by atoms with Gasteiger partial charge in [0, 0.05) is 13.1 Å². The number of sulfonamides is 1. The Balaban J connectivity index is 1.90. The highest BCUT2D eigenvalue weighted by molar-refractivity contribution is 7.89. The first kappa shape index (κ1) is 13.1. The van der Waals surface area contributed by atoms with Gasteiger partial charge in [-0.2, -0.15) is 4.31 Å². The van der Waals surface area contributed by atoms with Gasteiger partial charge in [0.15, 0.2) is 0 Å². The van der Waals surface area contributed by atoms with Crippen LogP contribution in [0, 0.1) is 0 Å². The summed E-state index contributed by atoms with van der Waals surface area (Å²) in [4.78, 5) is 0.348. The second kappa shape index (κ2) is 5.23. The molecule has 0 saturated carbocycles. The molecule has 0 saturated heterocycles. The van der Waals surface area contributed by atoms with Gasteiger partial charge in [-0.1, -0.05) is 54.6 Å². The molecule has 0 N–H and O–H groups in total. The van der Waals surface area contributed by atoms with Crippen LogP contribution in [0.3, 0.4) is 0 Å². The first-order chi connectivity index (χ1) is 9.68. The largest absolute Gasteiger partial charge is 0.243 e. The van der Waals surface area contributed by atoms with Crippen LogP contribution in [0.2, 0.25) is 0 Å². The lowest BCUT2D eigenvalue weighted by Crippen LogP contribution is -2.28. The van der Waals surface area contributed by atoms with Crippen molar-refractivity contribution in [2.75, 3.05) is 13.1 Å². The smallest absolute Gasteiger partial charge is 0.207 e. The third-order valence-corrected chi connectivity index (χ3v) is 5.23. The predicted molar refractivity (Wildman–Crippen MR) is 79.8 cm³/mol. The molecule has 1 aliphatic heterocycles. The molecule has 3 rings (SSSR count). The van der Waals surface area contributed by atoms with Crippen LogP contribution in [-0.4, -0.2) is 25.8 Å². The molecule has 0 bridgehead atoms. The summed E-state index contributed by atoms with van der Waals surface area (Å²) in [6.45, 7) is 0.922. The summed E-state index contributed by atoms with van der Waals surface area (Å²) < 4.78 is 26.2. The van der Waals surface area contributed by atoms with E-state index >= 15 is 0 Å². The Morgan fingerprint density at radius 1 is 0.750 bits per heavy atom. The molecule has 0 spiro atoms.